The van der Waals surface area contributed by atoms with E-state index in [9.17, 15) is 9.18 Å². The van der Waals surface area contributed by atoms with E-state index in [1.54, 1.807) is 12.1 Å². The lowest BCUT2D eigenvalue weighted by Crippen LogP contribution is -2.48. The number of nitrogens with zero attached hydrogens (tertiary/aromatic N) is 2. The number of hydrogen-bond donors (Lipinski definition) is 1. The number of nitrogens with one attached hydrogen (secondary N) is 1. The minimum absolute atomic E-state index is 0.141. The third kappa shape index (κ3) is 5.17. The topological polar surface area (TPSA) is 35.6 Å². The van der Waals surface area contributed by atoms with Crippen molar-refractivity contribution in [3.05, 3.63) is 63.9 Å². The molecule has 0 saturated carbocycles. The Hall–Kier alpha value is -1.66. The van der Waals surface area contributed by atoms with Gasteiger partial charge in [0.15, 0.2) is 0 Å². The van der Waals surface area contributed by atoms with Crippen molar-refractivity contribution >= 4 is 34.8 Å². The Kier molecular flexibility index (Phi) is 6.48. The van der Waals surface area contributed by atoms with Crippen LogP contribution in [0.25, 0.3) is 0 Å². The van der Waals surface area contributed by atoms with Gasteiger partial charge in [0.1, 0.15) is 5.82 Å². The predicted octanol–water partition coefficient (Wildman–Crippen LogP) is 3.89. The Bertz CT molecular complexity index is 759. The fourth-order valence-electron chi connectivity index (χ4n) is 2.98. The molecule has 1 heterocycles. The number of amides is 1. The molecule has 0 bridgehead atoms. The Morgan fingerprint density at radius 1 is 1.00 bits per heavy atom. The van der Waals surface area contributed by atoms with Crippen LogP contribution >= 0.6 is 23.2 Å². The monoisotopic (exact) mass is 395 g/mol. The van der Waals surface area contributed by atoms with Gasteiger partial charge in [0.05, 0.1) is 6.54 Å². The lowest BCUT2D eigenvalue weighted by Gasteiger charge is -2.34. The lowest BCUT2D eigenvalue weighted by molar-refractivity contribution is -0.117. The van der Waals surface area contributed by atoms with E-state index in [2.05, 4.69) is 15.1 Å². The van der Waals surface area contributed by atoms with Crippen molar-refractivity contribution < 1.29 is 9.18 Å². The van der Waals surface area contributed by atoms with E-state index < -0.39 is 0 Å². The molecular formula is C19H20Cl2FN3O. The average molecular weight is 396 g/mol. The van der Waals surface area contributed by atoms with Gasteiger partial charge in [0, 0.05) is 54.0 Å². The summed E-state index contributed by atoms with van der Waals surface area (Å²) in [5, 5.41) is 4.08. The van der Waals surface area contributed by atoms with Crippen LogP contribution in [0.5, 0.6) is 0 Å². The Morgan fingerprint density at radius 3 is 2.27 bits per heavy atom. The summed E-state index contributed by atoms with van der Waals surface area (Å²) >= 11 is 12.5. The van der Waals surface area contributed by atoms with Crippen LogP contribution in [0.4, 0.5) is 10.1 Å². The predicted molar refractivity (Wildman–Crippen MR) is 103 cm³/mol. The first-order chi connectivity index (χ1) is 12.5. The first kappa shape index (κ1) is 19.1. The standard InChI is InChI=1S/C19H20Cl2FN3O/c20-17-5-2-6-18(21)16(17)12-24-7-9-25(10-8-24)13-19(26)23-15-4-1-3-14(22)11-15/h1-6,11H,7-10,12-13H2,(H,23,26). The molecule has 0 unspecified atom stereocenters. The maximum atomic E-state index is 13.2. The molecule has 2 aromatic carbocycles. The van der Waals surface area contributed by atoms with E-state index in [0.717, 1.165) is 31.7 Å². The van der Waals surface area contributed by atoms with Gasteiger partial charge < -0.3 is 5.32 Å². The van der Waals surface area contributed by atoms with Crippen molar-refractivity contribution in [2.24, 2.45) is 0 Å². The Labute approximate surface area is 162 Å². The number of carbonyl (C=O) groups is 1. The maximum absolute atomic E-state index is 13.2. The van der Waals surface area contributed by atoms with E-state index in [0.29, 0.717) is 22.3 Å². The van der Waals surface area contributed by atoms with Crippen molar-refractivity contribution in [1.82, 2.24) is 9.80 Å². The van der Waals surface area contributed by atoms with E-state index in [1.807, 2.05) is 18.2 Å². The molecule has 0 radical (unpaired) electrons. The second kappa shape index (κ2) is 8.82. The van der Waals surface area contributed by atoms with Crippen LogP contribution in [0.1, 0.15) is 5.56 Å². The Balaban J connectivity index is 1.47. The fourth-order valence-corrected chi connectivity index (χ4v) is 3.50. The SMILES string of the molecule is O=C(CN1CCN(Cc2c(Cl)cccc2Cl)CC1)Nc1cccc(F)c1. The molecule has 0 atom stereocenters. The average Bonchev–Trinajstić information content (AvgIpc) is 2.60. The molecule has 0 aliphatic carbocycles. The highest BCUT2D eigenvalue weighted by atomic mass is 35.5. The van der Waals surface area contributed by atoms with Crippen LogP contribution in [0, 0.1) is 5.82 Å². The number of halogens is 3. The van der Waals surface area contributed by atoms with Gasteiger partial charge in [-0.1, -0.05) is 35.3 Å². The summed E-state index contributed by atoms with van der Waals surface area (Å²) in [7, 11) is 0. The number of anilines is 1. The third-order valence-corrected chi connectivity index (χ3v) is 5.09. The molecule has 1 fully saturated rings. The van der Waals surface area contributed by atoms with E-state index in [-0.39, 0.29) is 18.3 Å². The number of hydrogen-bond acceptors (Lipinski definition) is 3. The highest BCUT2D eigenvalue weighted by Gasteiger charge is 2.20. The number of rotatable bonds is 5. The van der Waals surface area contributed by atoms with Crippen molar-refractivity contribution in [2.45, 2.75) is 6.54 Å². The summed E-state index contributed by atoms with van der Waals surface area (Å²) in [6.07, 6.45) is 0. The molecule has 1 aliphatic rings. The van der Waals surface area contributed by atoms with Crippen molar-refractivity contribution in [2.75, 3.05) is 38.0 Å². The van der Waals surface area contributed by atoms with Gasteiger partial charge in [0.2, 0.25) is 5.91 Å². The minimum atomic E-state index is -0.366. The zero-order valence-electron chi connectivity index (χ0n) is 14.2. The van der Waals surface area contributed by atoms with Crippen molar-refractivity contribution in [3.63, 3.8) is 0 Å². The van der Waals surface area contributed by atoms with Gasteiger partial charge >= 0.3 is 0 Å². The third-order valence-electron chi connectivity index (χ3n) is 4.38. The molecule has 138 valence electrons. The highest BCUT2D eigenvalue weighted by molar-refractivity contribution is 6.35. The Morgan fingerprint density at radius 2 is 1.62 bits per heavy atom. The maximum Gasteiger partial charge on any atom is 0.238 e. The molecule has 26 heavy (non-hydrogen) atoms. The molecule has 0 spiro atoms. The van der Waals surface area contributed by atoms with Gasteiger partial charge in [-0.2, -0.15) is 0 Å². The number of piperazine rings is 1. The number of benzene rings is 2. The zero-order valence-corrected chi connectivity index (χ0v) is 15.7. The van der Waals surface area contributed by atoms with Crippen LogP contribution < -0.4 is 5.32 Å². The van der Waals surface area contributed by atoms with Crippen LogP contribution in [0.15, 0.2) is 42.5 Å². The van der Waals surface area contributed by atoms with E-state index in [1.165, 1.54) is 12.1 Å². The highest BCUT2D eigenvalue weighted by Crippen LogP contribution is 2.26. The molecule has 3 rings (SSSR count). The molecule has 1 aliphatic heterocycles. The van der Waals surface area contributed by atoms with Gasteiger partial charge in [-0.05, 0) is 30.3 Å². The zero-order chi connectivity index (χ0) is 18.5. The van der Waals surface area contributed by atoms with Gasteiger partial charge in [-0.15, -0.1) is 0 Å². The van der Waals surface area contributed by atoms with Gasteiger partial charge in [0.25, 0.3) is 0 Å². The van der Waals surface area contributed by atoms with Gasteiger partial charge in [-0.3, -0.25) is 14.6 Å². The van der Waals surface area contributed by atoms with Gasteiger partial charge in [-0.25, -0.2) is 4.39 Å². The minimum Gasteiger partial charge on any atom is -0.325 e. The summed E-state index contributed by atoms with van der Waals surface area (Å²) in [6, 6.07) is 11.4. The fraction of sp³-hybridized carbons (Fsp3) is 0.316. The van der Waals surface area contributed by atoms with Crippen molar-refractivity contribution in [1.29, 1.82) is 0 Å². The molecule has 7 heteroatoms. The second-order valence-electron chi connectivity index (χ2n) is 6.31. The largest absolute Gasteiger partial charge is 0.325 e. The van der Waals surface area contributed by atoms with Crippen LogP contribution in [0.2, 0.25) is 10.0 Å². The van der Waals surface area contributed by atoms with Crippen LogP contribution in [0.3, 0.4) is 0 Å². The molecule has 4 nitrogen and oxygen atoms in total. The first-order valence-electron chi connectivity index (χ1n) is 8.44. The quantitative estimate of drug-likeness (QED) is 0.833. The molecule has 1 saturated heterocycles. The summed E-state index contributed by atoms with van der Waals surface area (Å²) in [5.41, 5.74) is 1.41. The summed E-state index contributed by atoms with van der Waals surface area (Å²) < 4.78 is 13.2. The lowest BCUT2D eigenvalue weighted by atomic mass is 10.2. The smallest absolute Gasteiger partial charge is 0.238 e. The van der Waals surface area contributed by atoms with Crippen molar-refractivity contribution in [3.8, 4) is 0 Å². The van der Waals surface area contributed by atoms with E-state index in [4.69, 9.17) is 23.2 Å². The first-order valence-corrected chi connectivity index (χ1v) is 9.20. The second-order valence-corrected chi connectivity index (χ2v) is 7.13. The summed E-state index contributed by atoms with van der Waals surface area (Å²) in [4.78, 5) is 16.5. The number of carbonyl (C=O) groups excluding carboxylic acids is 1. The summed E-state index contributed by atoms with van der Waals surface area (Å²) in [6.45, 7) is 4.19. The van der Waals surface area contributed by atoms with Crippen LogP contribution in [-0.2, 0) is 11.3 Å². The molecule has 1 amide bonds. The molecule has 0 aromatic heterocycles. The summed E-state index contributed by atoms with van der Waals surface area (Å²) in [5.74, 6) is -0.507. The normalized spacial score (nSPS) is 15.8. The van der Waals surface area contributed by atoms with E-state index >= 15 is 0 Å². The molecule has 2 aromatic rings. The molecule has 1 N–H and O–H groups in total. The van der Waals surface area contributed by atoms with Crippen LogP contribution in [-0.4, -0.2) is 48.4 Å². The molecular weight excluding hydrogens is 376 g/mol.